The highest BCUT2D eigenvalue weighted by molar-refractivity contribution is 6.34. The Balaban J connectivity index is 1.72. The molecule has 0 spiro atoms. The van der Waals surface area contributed by atoms with Crippen LogP contribution in [0.3, 0.4) is 0 Å². The number of anilines is 1. The number of rotatable bonds is 3. The Kier molecular flexibility index (Phi) is 4.27. The van der Waals surface area contributed by atoms with Gasteiger partial charge in [0.1, 0.15) is 5.75 Å². The van der Waals surface area contributed by atoms with Crippen molar-refractivity contribution in [3.8, 4) is 5.75 Å². The zero-order chi connectivity index (χ0) is 15.7. The molecule has 1 heterocycles. The number of fused-ring (bicyclic) bond motifs is 1. The van der Waals surface area contributed by atoms with Crippen LogP contribution in [0.2, 0.25) is 10.0 Å². The number of nitrogens with zero attached hydrogens (tertiary/aromatic N) is 1. The Hall–Kier alpha value is -1.71. The summed E-state index contributed by atoms with van der Waals surface area (Å²) in [7, 11) is 0. The predicted octanol–water partition coefficient (Wildman–Crippen LogP) is 4.35. The van der Waals surface area contributed by atoms with E-state index in [4.69, 9.17) is 27.9 Å². The molecular weight excluding hydrogens is 321 g/mol. The molecule has 0 aliphatic carbocycles. The summed E-state index contributed by atoms with van der Waals surface area (Å²) in [5.41, 5.74) is 2.15. The highest BCUT2D eigenvalue weighted by Crippen LogP contribution is 2.32. The predicted molar refractivity (Wildman–Crippen MR) is 89.1 cm³/mol. The maximum absolute atomic E-state index is 12.5. The van der Waals surface area contributed by atoms with Gasteiger partial charge in [0.05, 0.1) is 0 Å². The Bertz CT molecular complexity index is 697. The maximum atomic E-state index is 12.5. The first-order valence-electron chi connectivity index (χ1n) is 7.03. The number of carbonyl (C=O) groups is 1. The summed E-state index contributed by atoms with van der Waals surface area (Å²) in [4.78, 5) is 14.3. The molecule has 1 atom stereocenters. The third kappa shape index (κ3) is 3.06. The first-order chi connectivity index (χ1) is 10.5. The normalized spacial score (nSPS) is 16.5. The molecule has 2 aromatic carbocycles. The molecule has 1 aliphatic rings. The molecule has 0 radical (unpaired) electrons. The molecule has 0 saturated heterocycles. The first kappa shape index (κ1) is 15.2. The van der Waals surface area contributed by atoms with Gasteiger partial charge in [0.25, 0.3) is 5.91 Å². The van der Waals surface area contributed by atoms with Crippen molar-refractivity contribution in [2.24, 2.45) is 0 Å². The van der Waals surface area contributed by atoms with E-state index in [1.54, 1.807) is 23.1 Å². The van der Waals surface area contributed by atoms with Crippen LogP contribution < -0.4 is 9.64 Å². The van der Waals surface area contributed by atoms with E-state index in [1.165, 1.54) is 5.56 Å². The number of para-hydroxylation sites is 1. The van der Waals surface area contributed by atoms with Crippen LogP contribution in [0.5, 0.6) is 5.75 Å². The molecule has 114 valence electrons. The molecule has 0 unspecified atom stereocenters. The minimum atomic E-state index is -0.0754. The van der Waals surface area contributed by atoms with Gasteiger partial charge in [-0.25, -0.2) is 0 Å². The molecule has 5 heteroatoms. The average molecular weight is 336 g/mol. The van der Waals surface area contributed by atoms with E-state index in [2.05, 4.69) is 6.07 Å². The maximum Gasteiger partial charge on any atom is 0.265 e. The number of halogens is 2. The van der Waals surface area contributed by atoms with Gasteiger partial charge >= 0.3 is 0 Å². The van der Waals surface area contributed by atoms with Gasteiger partial charge in [-0.2, -0.15) is 0 Å². The lowest BCUT2D eigenvalue weighted by Crippen LogP contribution is -2.39. The van der Waals surface area contributed by atoms with Crippen molar-refractivity contribution in [3.63, 3.8) is 0 Å². The SMILES string of the molecule is C[C@H]1Cc2ccccc2N1C(=O)COc1cc(Cl)cc(Cl)c1. The Morgan fingerprint density at radius 2 is 1.91 bits per heavy atom. The van der Waals surface area contributed by atoms with Crippen LogP contribution in [0.4, 0.5) is 5.69 Å². The molecule has 0 bridgehead atoms. The van der Waals surface area contributed by atoms with Crippen molar-refractivity contribution >= 4 is 34.8 Å². The minimum Gasteiger partial charge on any atom is -0.484 e. The van der Waals surface area contributed by atoms with Gasteiger partial charge in [-0.15, -0.1) is 0 Å². The standard InChI is InChI=1S/C17H15Cl2NO2/c1-11-6-12-4-2-3-5-16(12)20(11)17(21)10-22-15-8-13(18)7-14(19)9-15/h2-5,7-9,11H,6,10H2,1H3/t11-/m0/s1. The van der Waals surface area contributed by atoms with E-state index in [-0.39, 0.29) is 18.6 Å². The van der Waals surface area contributed by atoms with Crippen molar-refractivity contribution in [1.29, 1.82) is 0 Å². The lowest BCUT2D eigenvalue weighted by molar-refractivity contribution is -0.120. The molecule has 22 heavy (non-hydrogen) atoms. The van der Waals surface area contributed by atoms with Gasteiger partial charge in [0.2, 0.25) is 0 Å². The highest BCUT2D eigenvalue weighted by Gasteiger charge is 2.30. The minimum absolute atomic E-state index is 0.0463. The smallest absolute Gasteiger partial charge is 0.265 e. The van der Waals surface area contributed by atoms with Crippen LogP contribution in [0, 0.1) is 0 Å². The summed E-state index contributed by atoms with van der Waals surface area (Å²) in [5.74, 6) is 0.416. The molecule has 1 aliphatic heterocycles. The van der Waals surface area contributed by atoms with Gasteiger partial charge in [0.15, 0.2) is 6.61 Å². The van der Waals surface area contributed by atoms with E-state index >= 15 is 0 Å². The molecule has 0 N–H and O–H groups in total. The van der Waals surface area contributed by atoms with E-state index < -0.39 is 0 Å². The molecule has 0 saturated carbocycles. The lowest BCUT2D eigenvalue weighted by Gasteiger charge is -2.22. The van der Waals surface area contributed by atoms with Crippen LogP contribution >= 0.6 is 23.2 Å². The molecule has 0 aromatic heterocycles. The Labute approximate surface area is 139 Å². The van der Waals surface area contributed by atoms with Gasteiger partial charge in [-0.3, -0.25) is 4.79 Å². The Morgan fingerprint density at radius 1 is 1.23 bits per heavy atom. The van der Waals surface area contributed by atoms with Crippen molar-refractivity contribution in [1.82, 2.24) is 0 Å². The van der Waals surface area contributed by atoms with E-state index in [0.717, 1.165) is 12.1 Å². The molecule has 0 fully saturated rings. The average Bonchev–Trinajstić information content (AvgIpc) is 2.79. The second-order valence-corrected chi connectivity index (χ2v) is 6.21. The summed E-state index contributed by atoms with van der Waals surface area (Å²) in [6.07, 6.45) is 0.866. The summed E-state index contributed by atoms with van der Waals surface area (Å²) >= 11 is 11.8. The third-order valence-corrected chi connectivity index (χ3v) is 4.11. The van der Waals surface area contributed by atoms with Crippen molar-refractivity contribution in [2.75, 3.05) is 11.5 Å². The molecule has 1 amide bonds. The third-order valence-electron chi connectivity index (χ3n) is 3.67. The second-order valence-electron chi connectivity index (χ2n) is 5.34. The molecule has 3 rings (SSSR count). The van der Waals surface area contributed by atoms with Crippen molar-refractivity contribution in [2.45, 2.75) is 19.4 Å². The van der Waals surface area contributed by atoms with Crippen molar-refractivity contribution < 1.29 is 9.53 Å². The lowest BCUT2D eigenvalue weighted by atomic mass is 10.1. The van der Waals surface area contributed by atoms with Crippen LogP contribution in [-0.4, -0.2) is 18.6 Å². The molecule has 2 aromatic rings. The number of hydrogen-bond acceptors (Lipinski definition) is 2. The van der Waals surface area contributed by atoms with E-state index in [9.17, 15) is 4.79 Å². The largest absolute Gasteiger partial charge is 0.484 e. The number of benzene rings is 2. The first-order valence-corrected chi connectivity index (χ1v) is 7.79. The fourth-order valence-electron chi connectivity index (χ4n) is 2.77. The van der Waals surface area contributed by atoms with Crippen LogP contribution in [-0.2, 0) is 11.2 Å². The Morgan fingerprint density at radius 3 is 2.64 bits per heavy atom. The number of carbonyl (C=O) groups excluding carboxylic acids is 1. The highest BCUT2D eigenvalue weighted by atomic mass is 35.5. The number of hydrogen-bond donors (Lipinski definition) is 0. The molecule has 3 nitrogen and oxygen atoms in total. The van der Waals surface area contributed by atoms with Crippen LogP contribution in [0.1, 0.15) is 12.5 Å². The summed E-state index contributed by atoms with van der Waals surface area (Å²) < 4.78 is 5.55. The number of amides is 1. The van der Waals surface area contributed by atoms with Crippen LogP contribution in [0.15, 0.2) is 42.5 Å². The van der Waals surface area contributed by atoms with Crippen LogP contribution in [0.25, 0.3) is 0 Å². The van der Waals surface area contributed by atoms with Gasteiger partial charge in [0, 0.05) is 21.8 Å². The zero-order valence-electron chi connectivity index (χ0n) is 12.1. The van der Waals surface area contributed by atoms with Gasteiger partial charge in [-0.05, 0) is 43.2 Å². The van der Waals surface area contributed by atoms with E-state index in [0.29, 0.717) is 15.8 Å². The van der Waals surface area contributed by atoms with Gasteiger partial charge in [-0.1, -0.05) is 41.4 Å². The summed E-state index contributed by atoms with van der Waals surface area (Å²) in [6.45, 7) is 1.99. The topological polar surface area (TPSA) is 29.5 Å². The quantitative estimate of drug-likeness (QED) is 0.834. The second kappa shape index (κ2) is 6.19. The fourth-order valence-corrected chi connectivity index (χ4v) is 3.28. The molecular formula is C17H15Cl2NO2. The summed E-state index contributed by atoms with van der Waals surface area (Å²) in [6, 6.07) is 13.0. The summed E-state index contributed by atoms with van der Waals surface area (Å²) in [5, 5.41) is 0.963. The fraction of sp³-hybridized carbons (Fsp3) is 0.235. The number of ether oxygens (including phenoxy) is 1. The van der Waals surface area contributed by atoms with Gasteiger partial charge < -0.3 is 9.64 Å². The monoisotopic (exact) mass is 335 g/mol. The zero-order valence-corrected chi connectivity index (χ0v) is 13.6. The van der Waals surface area contributed by atoms with E-state index in [1.807, 2.05) is 25.1 Å². The van der Waals surface area contributed by atoms with Crippen molar-refractivity contribution in [3.05, 3.63) is 58.1 Å².